The lowest BCUT2D eigenvalue weighted by molar-refractivity contribution is -0.221. The number of thiophene rings is 2. The summed E-state index contributed by atoms with van der Waals surface area (Å²) in [6, 6.07) is 2.53. The molecule has 0 aromatic carbocycles. The van der Waals surface area contributed by atoms with E-state index in [0.29, 0.717) is 9.90 Å². The van der Waals surface area contributed by atoms with Crippen LogP contribution in [0.2, 0.25) is 10.0 Å². The smallest absolute Gasteiger partial charge is 0.465 e. The third kappa shape index (κ3) is 12.0. The number of methoxy groups -OCH3 is 2. The monoisotopic (exact) mass is 630 g/mol. The van der Waals surface area contributed by atoms with Gasteiger partial charge >= 0.3 is 42.4 Å². The Balaban J connectivity index is 0.000000532. The zero-order valence-corrected chi connectivity index (χ0v) is 20.7. The van der Waals surface area contributed by atoms with Crippen molar-refractivity contribution in [2.75, 3.05) is 14.2 Å². The van der Waals surface area contributed by atoms with E-state index in [9.17, 15) is 58.7 Å². The van der Waals surface area contributed by atoms with Crippen molar-refractivity contribution in [1.82, 2.24) is 0 Å². The second-order valence-corrected chi connectivity index (χ2v) is 8.38. The van der Waals surface area contributed by atoms with Gasteiger partial charge in [-0.1, -0.05) is 23.2 Å². The summed E-state index contributed by atoms with van der Waals surface area (Å²) in [6.45, 7) is 0. The van der Waals surface area contributed by atoms with Crippen LogP contribution >= 0.6 is 45.9 Å². The molecular formula is C17H9Cl2F9O7S2. The summed E-state index contributed by atoms with van der Waals surface area (Å²) < 4.78 is 115. The molecule has 37 heavy (non-hydrogen) atoms. The molecule has 0 fully saturated rings. The first-order valence-corrected chi connectivity index (χ1v) is 10.8. The van der Waals surface area contributed by atoms with Gasteiger partial charge in [-0.3, -0.25) is 0 Å². The molecule has 2 aromatic heterocycles. The number of hydrogen-bond acceptors (Lipinski definition) is 9. The van der Waals surface area contributed by atoms with Crippen molar-refractivity contribution in [2.24, 2.45) is 0 Å². The van der Waals surface area contributed by atoms with E-state index in [-0.39, 0.29) is 22.2 Å². The van der Waals surface area contributed by atoms with Crippen LogP contribution in [-0.4, -0.2) is 50.4 Å². The summed E-state index contributed by atoms with van der Waals surface area (Å²) in [4.78, 5) is 40.3. The average Bonchev–Trinajstić information content (AvgIpc) is 3.37. The lowest BCUT2D eigenvalue weighted by Gasteiger charge is -2.06. The number of halogens is 11. The third-order valence-electron chi connectivity index (χ3n) is 2.93. The Bertz CT molecular complexity index is 1080. The van der Waals surface area contributed by atoms with Gasteiger partial charge in [-0.25, -0.2) is 19.2 Å². The van der Waals surface area contributed by atoms with Crippen molar-refractivity contribution < 1.29 is 72.9 Å². The van der Waals surface area contributed by atoms with Gasteiger partial charge in [0.1, 0.15) is 14.6 Å². The Kier molecular flexibility index (Phi) is 12.9. The van der Waals surface area contributed by atoms with E-state index in [1.54, 1.807) is 11.4 Å². The van der Waals surface area contributed by atoms with E-state index >= 15 is 0 Å². The molecule has 208 valence electrons. The first-order chi connectivity index (χ1) is 16.6. The highest BCUT2D eigenvalue weighted by atomic mass is 35.5. The molecule has 0 radical (unpaired) electrons. The maximum atomic E-state index is 12.2. The molecule has 2 aromatic rings. The highest BCUT2D eigenvalue weighted by Gasteiger charge is 2.49. The molecule has 20 heteroatoms. The summed E-state index contributed by atoms with van der Waals surface area (Å²) in [5, 5.41) is 1.78. The summed E-state index contributed by atoms with van der Waals surface area (Å²) in [7, 11) is 2.43. The molecule has 0 unspecified atom stereocenters. The van der Waals surface area contributed by atoms with Gasteiger partial charge in [0.25, 0.3) is 0 Å². The van der Waals surface area contributed by atoms with Gasteiger partial charge in [0.2, 0.25) is 0 Å². The van der Waals surface area contributed by atoms with E-state index in [4.69, 9.17) is 23.2 Å². The Morgan fingerprint density at radius 1 is 0.757 bits per heavy atom. The Morgan fingerprint density at radius 2 is 1.19 bits per heavy atom. The summed E-state index contributed by atoms with van der Waals surface area (Å²) in [6.07, 6.45) is -15.8. The molecule has 0 aliphatic rings. The fraction of sp³-hybridized carbons (Fsp3) is 0.294. The standard InChI is InChI=1S/C7H4ClF3O2S.C6H5ClO2S.C4F6O3/c1-13-6(12)4-2-3(8)5(14-4)7(9,10)11;1-9-6(8)5-2-4(7)3-10-5;5-3(6,7)1(11)13-2(12)4(8,9)10/h2H,1H3;2-3H,1H3;. The minimum Gasteiger partial charge on any atom is -0.465 e. The van der Waals surface area contributed by atoms with E-state index in [1.165, 1.54) is 18.4 Å². The van der Waals surface area contributed by atoms with E-state index < -0.39 is 46.3 Å². The van der Waals surface area contributed by atoms with Crippen LogP contribution in [0.3, 0.4) is 0 Å². The highest BCUT2D eigenvalue weighted by Crippen LogP contribution is 2.40. The highest BCUT2D eigenvalue weighted by molar-refractivity contribution is 7.14. The molecule has 2 rings (SSSR count). The first-order valence-electron chi connectivity index (χ1n) is 8.32. The normalized spacial score (nSPS) is 11.3. The number of alkyl halides is 9. The Labute approximate surface area is 217 Å². The van der Waals surface area contributed by atoms with Gasteiger partial charge in [0.05, 0.1) is 24.3 Å². The molecule has 0 saturated carbocycles. The number of carbonyl (C=O) groups is 4. The van der Waals surface area contributed by atoms with Crippen LogP contribution in [0.1, 0.15) is 24.2 Å². The van der Waals surface area contributed by atoms with Crippen LogP contribution in [0, 0.1) is 0 Å². The van der Waals surface area contributed by atoms with E-state index in [1.807, 2.05) is 0 Å². The summed E-state index contributed by atoms with van der Waals surface area (Å²) in [5.41, 5.74) is 0. The molecule has 0 saturated heterocycles. The van der Waals surface area contributed by atoms with Crippen LogP contribution in [-0.2, 0) is 30.0 Å². The molecule has 2 heterocycles. The van der Waals surface area contributed by atoms with E-state index in [0.717, 1.165) is 13.2 Å². The zero-order chi connectivity index (χ0) is 29.4. The molecule has 0 aliphatic carbocycles. The van der Waals surface area contributed by atoms with Gasteiger partial charge in [0.15, 0.2) is 0 Å². The SMILES string of the molecule is COC(=O)c1cc(Cl)c(C(F)(F)F)s1.COC(=O)c1cc(Cl)cs1.O=C(OC(=O)C(F)(F)F)C(F)(F)F. The molecule has 0 atom stereocenters. The predicted octanol–water partition coefficient (Wildman–Crippen LogP) is 6.58. The fourth-order valence-corrected chi connectivity index (χ4v) is 3.71. The van der Waals surface area contributed by atoms with Crippen molar-refractivity contribution in [1.29, 1.82) is 0 Å². The summed E-state index contributed by atoms with van der Waals surface area (Å²) in [5.74, 6) is -7.56. The Morgan fingerprint density at radius 3 is 1.49 bits per heavy atom. The van der Waals surface area contributed by atoms with Crippen molar-refractivity contribution in [3.05, 3.63) is 42.2 Å². The van der Waals surface area contributed by atoms with Gasteiger partial charge in [0, 0.05) is 5.38 Å². The van der Waals surface area contributed by atoms with Crippen LogP contribution in [0.4, 0.5) is 39.5 Å². The lowest BCUT2D eigenvalue weighted by atomic mass is 10.4. The van der Waals surface area contributed by atoms with Crippen LogP contribution in [0.5, 0.6) is 0 Å². The Hall–Kier alpha value is -2.57. The lowest BCUT2D eigenvalue weighted by Crippen LogP contribution is -2.34. The van der Waals surface area contributed by atoms with Crippen LogP contribution in [0.15, 0.2) is 17.5 Å². The number of hydrogen-bond donors (Lipinski definition) is 0. The molecule has 0 spiro atoms. The molecule has 0 amide bonds. The third-order valence-corrected chi connectivity index (χ3v) is 5.76. The molecule has 0 bridgehead atoms. The van der Waals surface area contributed by atoms with Gasteiger partial charge in [-0.2, -0.15) is 39.5 Å². The van der Waals surface area contributed by atoms with E-state index in [2.05, 4.69) is 14.2 Å². The minimum absolute atomic E-state index is 0.162. The maximum Gasteiger partial charge on any atom is 0.491 e. The van der Waals surface area contributed by atoms with Gasteiger partial charge in [-0.05, 0) is 12.1 Å². The molecule has 0 N–H and O–H groups in total. The largest absolute Gasteiger partial charge is 0.491 e. The van der Waals surface area contributed by atoms with Gasteiger partial charge in [-0.15, -0.1) is 22.7 Å². The van der Waals surface area contributed by atoms with Gasteiger partial charge < -0.3 is 14.2 Å². The second-order valence-electron chi connectivity index (χ2n) is 5.57. The number of rotatable bonds is 2. The zero-order valence-electron chi connectivity index (χ0n) is 17.6. The fourth-order valence-electron chi connectivity index (χ4n) is 1.48. The minimum atomic E-state index is -5.62. The number of carbonyl (C=O) groups excluding carboxylic acids is 4. The van der Waals surface area contributed by atoms with Crippen molar-refractivity contribution >= 4 is 69.8 Å². The van der Waals surface area contributed by atoms with Crippen LogP contribution < -0.4 is 0 Å². The van der Waals surface area contributed by atoms with Crippen molar-refractivity contribution in [3.8, 4) is 0 Å². The quantitative estimate of drug-likeness (QED) is 0.160. The summed E-state index contributed by atoms with van der Waals surface area (Å²) >= 11 is 12.4. The molecule has 0 aliphatic heterocycles. The number of ether oxygens (including phenoxy) is 3. The topological polar surface area (TPSA) is 96.0 Å². The molecule has 7 nitrogen and oxygen atoms in total. The second kappa shape index (κ2) is 13.8. The van der Waals surface area contributed by atoms with Crippen LogP contribution in [0.25, 0.3) is 0 Å². The number of esters is 4. The first kappa shape index (κ1) is 34.4. The predicted molar refractivity (Wildman–Crippen MR) is 110 cm³/mol. The molecular weight excluding hydrogens is 622 g/mol. The van der Waals surface area contributed by atoms with Crippen molar-refractivity contribution in [2.45, 2.75) is 18.5 Å². The maximum absolute atomic E-state index is 12.2. The van der Waals surface area contributed by atoms with Crippen molar-refractivity contribution in [3.63, 3.8) is 0 Å². The average molecular weight is 631 g/mol.